The highest BCUT2D eigenvalue weighted by atomic mass is 19.1. The van der Waals surface area contributed by atoms with E-state index in [1.807, 2.05) is 0 Å². The Morgan fingerprint density at radius 2 is 1.70 bits per heavy atom. The van der Waals surface area contributed by atoms with E-state index >= 15 is 0 Å². The molecule has 0 aliphatic carbocycles. The lowest BCUT2D eigenvalue weighted by atomic mass is 10.1. The summed E-state index contributed by atoms with van der Waals surface area (Å²) in [7, 11) is 0. The maximum absolute atomic E-state index is 13.5. The maximum atomic E-state index is 13.5. The van der Waals surface area contributed by atoms with Crippen molar-refractivity contribution in [3.63, 3.8) is 0 Å². The number of amides is 1. The first-order valence-corrected chi connectivity index (χ1v) is 5.47. The lowest BCUT2D eigenvalue weighted by Crippen LogP contribution is -2.14. The van der Waals surface area contributed by atoms with Crippen molar-refractivity contribution in [2.45, 2.75) is 0 Å². The molecule has 0 spiro atoms. The number of nitrogens with two attached hydrogens (primary N) is 1. The normalized spacial score (nSPS) is 10.3. The first kappa shape index (κ1) is 13.6. The van der Waals surface area contributed by atoms with Crippen molar-refractivity contribution in [3.05, 3.63) is 47.5 Å². The van der Waals surface area contributed by atoms with Crippen LogP contribution in [0.15, 0.2) is 30.3 Å². The van der Waals surface area contributed by atoms with Crippen molar-refractivity contribution in [1.82, 2.24) is 0 Å². The van der Waals surface area contributed by atoms with Crippen LogP contribution in [0.25, 0.3) is 0 Å². The van der Waals surface area contributed by atoms with E-state index in [4.69, 9.17) is 5.73 Å². The van der Waals surface area contributed by atoms with Crippen LogP contribution in [-0.4, -0.2) is 16.1 Å². The molecule has 0 saturated heterocycles. The van der Waals surface area contributed by atoms with Gasteiger partial charge in [-0.25, -0.2) is 8.78 Å². The summed E-state index contributed by atoms with van der Waals surface area (Å²) in [5.41, 5.74) is 4.14. The van der Waals surface area contributed by atoms with E-state index < -0.39 is 34.6 Å². The third kappa shape index (κ3) is 2.46. The minimum Gasteiger partial charge on any atom is -0.507 e. The molecule has 0 unspecified atom stereocenters. The fourth-order valence-electron chi connectivity index (χ4n) is 1.61. The van der Waals surface area contributed by atoms with Crippen LogP contribution in [-0.2, 0) is 0 Å². The highest BCUT2D eigenvalue weighted by molar-refractivity contribution is 6.08. The fourth-order valence-corrected chi connectivity index (χ4v) is 1.61. The Morgan fingerprint density at radius 1 is 1.10 bits per heavy atom. The molecule has 0 aliphatic heterocycles. The molecule has 0 saturated carbocycles. The van der Waals surface area contributed by atoms with Crippen LogP contribution in [0, 0.1) is 11.6 Å². The molecule has 2 rings (SSSR count). The monoisotopic (exact) mass is 280 g/mol. The van der Waals surface area contributed by atoms with Crippen LogP contribution in [0.5, 0.6) is 11.5 Å². The average Bonchev–Trinajstić information content (AvgIpc) is 2.35. The summed E-state index contributed by atoms with van der Waals surface area (Å²) in [6.07, 6.45) is 0. The van der Waals surface area contributed by atoms with E-state index in [1.54, 1.807) is 0 Å². The number of nitrogen functional groups attached to an aromatic ring is 1. The summed E-state index contributed by atoms with van der Waals surface area (Å²) in [5, 5.41) is 21.1. The van der Waals surface area contributed by atoms with Gasteiger partial charge in [0.2, 0.25) is 0 Å². The van der Waals surface area contributed by atoms with E-state index in [9.17, 15) is 23.8 Å². The van der Waals surface area contributed by atoms with Crippen molar-refractivity contribution in [1.29, 1.82) is 0 Å². The molecule has 0 fully saturated rings. The van der Waals surface area contributed by atoms with Gasteiger partial charge in [0.05, 0.1) is 11.4 Å². The summed E-state index contributed by atoms with van der Waals surface area (Å²) in [4.78, 5) is 11.9. The molecule has 0 radical (unpaired) electrons. The Kier molecular flexibility index (Phi) is 3.43. The number of phenols is 2. The van der Waals surface area contributed by atoms with Gasteiger partial charge in [-0.1, -0.05) is 6.07 Å². The molecule has 0 aliphatic rings. The van der Waals surface area contributed by atoms with Gasteiger partial charge in [-0.3, -0.25) is 4.79 Å². The molecule has 20 heavy (non-hydrogen) atoms. The van der Waals surface area contributed by atoms with Crippen LogP contribution in [0.4, 0.5) is 20.2 Å². The van der Waals surface area contributed by atoms with Gasteiger partial charge in [0.15, 0.2) is 0 Å². The van der Waals surface area contributed by atoms with Gasteiger partial charge in [0.1, 0.15) is 28.7 Å². The van der Waals surface area contributed by atoms with Crippen molar-refractivity contribution < 1.29 is 23.8 Å². The van der Waals surface area contributed by atoms with E-state index in [0.717, 1.165) is 6.07 Å². The van der Waals surface area contributed by atoms with Gasteiger partial charge in [0, 0.05) is 6.07 Å². The van der Waals surface area contributed by atoms with Crippen LogP contribution in [0.1, 0.15) is 10.4 Å². The molecule has 1 amide bonds. The SMILES string of the molecule is Nc1cc(NC(=O)c2c(O)cccc2O)c(F)cc1F. The number of halogens is 2. The molecule has 2 aromatic carbocycles. The second-order valence-corrected chi connectivity index (χ2v) is 3.98. The number of hydrogen-bond acceptors (Lipinski definition) is 4. The van der Waals surface area contributed by atoms with Crippen LogP contribution in [0.3, 0.4) is 0 Å². The Bertz CT molecular complexity index is 669. The summed E-state index contributed by atoms with van der Waals surface area (Å²) < 4.78 is 26.5. The number of aromatic hydroxyl groups is 2. The Labute approximate surface area is 112 Å². The second-order valence-electron chi connectivity index (χ2n) is 3.98. The minimum absolute atomic E-state index is 0.344. The predicted molar refractivity (Wildman–Crippen MR) is 68.5 cm³/mol. The molecular weight excluding hydrogens is 270 g/mol. The lowest BCUT2D eigenvalue weighted by Gasteiger charge is -2.10. The number of carbonyl (C=O) groups excluding carboxylic acids is 1. The number of carbonyl (C=O) groups is 1. The number of anilines is 2. The molecule has 0 bridgehead atoms. The van der Waals surface area contributed by atoms with E-state index in [-0.39, 0.29) is 11.4 Å². The highest BCUT2D eigenvalue weighted by Gasteiger charge is 2.18. The largest absolute Gasteiger partial charge is 0.507 e. The number of rotatable bonds is 2. The maximum Gasteiger partial charge on any atom is 0.263 e. The number of benzene rings is 2. The highest BCUT2D eigenvalue weighted by Crippen LogP contribution is 2.28. The molecule has 7 heteroatoms. The van der Waals surface area contributed by atoms with E-state index in [1.165, 1.54) is 18.2 Å². The molecule has 5 nitrogen and oxygen atoms in total. The Morgan fingerprint density at radius 3 is 2.30 bits per heavy atom. The average molecular weight is 280 g/mol. The molecule has 0 aromatic heterocycles. The third-order valence-corrected chi connectivity index (χ3v) is 2.58. The first-order chi connectivity index (χ1) is 9.40. The zero-order valence-corrected chi connectivity index (χ0v) is 10.0. The fraction of sp³-hybridized carbons (Fsp3) is 0. The molecule has 5 N–H and O–H groups in total. The number of phenolic OH excluding ortho intramolecular Hbond substituents is 2. The van der Waals surface area contributed by atoms with Crippen LogP contribution >= 0.6 is 0 Å². The van der Waals surface area contributed by atoms with E-state index in [0.29, 0.717) is 6.07 Å². The Balaban J connectivity index is 2.35. The van der Waals surface area contributed by atoms with E-state index in [2.05, 4.69) is 5.32 Å². The number of hydrogen-bond donors (Lipinski definition) is 4. The second kappa shape index (κ2) is 5.04. The lowest BCUT2D eigenvalue weighted by molar-refractivity contribution is 0.102. The smallest absolute Gasteiger partial charge is 0.263 e. The van der Waals surface area contributed by atoms with Gasteiger partial charge in [-0.05, 0) is 18.2 Å². The van der Waals surface area contributed by atoms with Crippen molar-refractivity contribution in [2.24, 2.45) is 0 Å². The quantitative estimate of drug-likeness (QED) is 0.634. The first-order valence-electron chi connectivity index (χ1n) is 5.47. The summed E-state index contributed by atoms with van der Waals surface area (Å²) >= 11 is 0. The predicted octanol–water partition coefficient (Wildman–Crippen LogP) is 2.21. The Hall–Kier alpha value is -2.83. The zero-order valence-electron chi connectivity index (χ0n) is 10.0. The third-order valence-electron chi connectivity index (χ3n) is 2.58. The van der Waals surface area contributed by atoms with Gasteiger partial charge < -0.3 is 21.3 Å². The molecule has 104 valence electrons. The van der Waals surface area contributed by atoms with Gasteiger partial charge in [-0.15, -0.1) is 0 Å². The standard InChI is InChI=1S/C13H10F2N2O3/c14-6-4-7(15)9(5-8(6)16)17-13(20)12-10(18)2-1-3-11(12)19/h1-5,18-19H,16H2,(H,17,20). The zero-order chi connectivity index (χ0) is 14.9. The van der Waals surface area contributed by atoms with Gasteiger partial charge in [0.25, 0.3) is 5.91 Å². The molecular formula is C13H10F2N2O3. The molecule has 2 aromatic rings. The molecule has 0 heterocycles. The molecule has 0 atom stereocenters. The van der Waals surface area contributed by atoms with Crippen LogP contribution < -0.4 is 11.1 Å². The van der Waals surface area contributed by atoms with Crippen molar-refractivity contribution in [2.75, 3.05) is 11.1 Å². The van der Waals surface area contributed by atoms with Crippen molar-refractivity contribution in [3.8, 4) is 11.5 Å². The van der Waals surface area contributed by atoms with Crippen molar-refractivity contribution >= 4 is 17.3 Å². The van der Waals surface area contributed by atoms with Gasteiger partial charge >= 0.3 is 0 Å². The summed E-state index contributed by atoms with van der Waals surface area (Å²) in [5.74, 6) is -3.88. The number of nitrogens with one attached hydrogen (secondary N) is 1. The summed E-state index contributed by atoms with van der Waals surface area (Å²) in [6, 6.07) is 5.13. The van der Waals surface area contributed by atoms with Gasteiger partial charge in [-0.2, -0.15) is 0 Å². The topological polar surface area (TPSA) is 95.6 Å². The van der Waals surface area contributed by atoms with Crippen LogP contribution in [0.2, 0.25) is 0 Å². The minimum atomic E-state index is -1.03. The summed E-state index contributed by atoms with van der Waals surface area (Å²) in [6.45, 7) is 0.